The molecule has 17 heavy (non-hydrogen) atoms. The van der Waals surface area contributed by atoms with Crippen LogP contribution in [-0.4, -0.2) is 33.8 Å². The van der Waals surface area contributed by atoms with E-state index in [4.69, 9.17) is 11.6 Å². The average molecular weight is 259 g/mol. The Bertz CT molecular complexity index is 387. The Hall–Kier alpha value is -1.17. The zero-order valence-corrected chi connectivity index (χ0v) is 10.2. The Kier molecular flexibility index (Phi) is 5.34. The Morgan fingerprint density at radius 1 is 1.59 bits per heavy atom. The molecule has 0 spiro atoms. The van der Waals surface area contributed by atoms with Gasteiger partial charge >= 0.3 is 0 Å². The number of amides is 1. The summed E-state index contributed by atoms with van der Waals surface area (Å²) in [5.74, 6) is -0.174. The maximum atomic E-state index is 10.6. The highest BCUT2D eigenvalue weighted by Gasteiger charge is 2.19. The summed E-state index contributed by atoms with van der Waals surface area (Å²) in [6, 6.07) is 3.08. The smallest absolute Gasteiger partial charge is 0.216 e. The molecular formula is C11H15ClN2O3. The lowest BCUT2D eigenvalue weighted by Gasteiger charge is -2.17. The van der Waals surface area contributed by atoms with Crippen LogP contribution in [0.3, 0.4) is 0 Å². The topological polar surface area (TPSA) is 82.5 Å². The number of aliphatic hydroxyl groups excluding tert-OH is 2. The predicted molar refractivity (Wildman–Crippen MR) is 63.5 cm³/mol. The van der Waals surface area contributed by atoms with Crippen LogP contribution in [0.25, 0.3) is 0 Å². The Morgan fingerprint density at radius 2 is 2.29 bits per heavy atom. The quantitative estimate of drug-likeness (QED) is 0.724. The molecule has 1 heterocycles. The third kappa shape index (κ3) is 4.68. The van der Waals surface area contributed by atoms with Crippen molar-refractivity contribution in [2.24, 2.45) is 0 Å². The van der Waals surface area contributed by atoms with Gasteiger partial charge in [-0.1, -0.05) is 11.6 Å². The van der Waals surface area contributed by atoms with Gasteiger partial charge in [-0.2, -0.15) is 0 Å². The van der Waals surface area contributed by atoms with E-state index in [1.165, 1.54) is 19.2 Å². The predicted octanol–water partition coefficient (Wildman–Crippen LogP) is 0.655. The number of rotatable bonds is 5. The maximum Gasteiger partial charge on any atom is 0.216 e. The van der Waals surface area contributed by atoms with Gasteiger partial charge in [0.25, 0.3) is 0 Å². The minimum atomic E-state index is -1.11. The van der Waals surface area contributed by atoms with Crippen LogP contribution in [0.1, 0.15) is 25.1 Å². The van der Waals surface area contributed by atoms with Crippen LogP contribution in [0.4, 0.5) is 0 Å². The van der Waals surface area contributed by atoms with E-state index in [2.05, 4.69) is 10.3 Å². The molecule has 3 N–H and O–H groups in total. The van der Waals surface area contributed by atoms with Crippen molar-refractivity contribution in [1.29, 1.82) is 0 Å². The van der Waals surface area contributed by atoms with Crippen LogP contribution in [-0.2, 0) is 4.79 Å². The molecule has 1 aromatic rings. The molecule has 2 atom stereocenters. The molecule has 0 radical (unpaired) electrons. The Labute approximate surface area is 104 Å². The standard InChI is InChI=1S/C11H15ClN2O3/c1-7(15)13-5-3-10(16)11(17)9-6-8(12)2-4-14-9/h2,4,6,10-11,16-17H,3,5H2,1H3,(H,13,15). The lowest BCUT2D eigenvalue weighted by Crippen LogP contribution is -2.28. The summed E-state index contributed by atoms with van der Waals surface area (Å²) in [7, 11) is 0. The van der Waals surface area contributed by atoms with Crippen molar-refractivity contribution in [3.63, 3.8) is 0 Å². The summed E-state index contributed by atoms with van der Waals surface area (Å²) in [6.45, 7) is 1.69. The van der Waals surface area contributed by atoms with Crippen molar-refractivity contribution in [2.75, 3.05) is 6.54 Å². The van der Waals surface area contributed by atoms with Crippen molar-refractivity contribution in [2.45, 2.75) is 25.6 Å². The number of hydrogen-bond acceptors (Lipinski definition) is 4. The summed E-state index contributed by atoms with van der Waals surface area (Å²) >= 11 is 5.75. The van der Waals surface area contributed by atoms with Crippen LogP contribution < -0.4 is 5.32 Å². The summed E-state index contributed by atoms with van der Waals surface area (Å²) in [5, 5.41) is 22.5. The lowest BCUT2D eigenvalue weighted by atomic mass is 10.1. The fraction of sp³-hybridized carbons (Fsp3) is 0.455. The first kappa shape index (κ1) is 13.9. The van der Waals surface area contributed by atoms with Crippen LogP contribution >= 0.6 is 11.6 Å². The number of halogens is 1. The third-order valence-electron chi connectivity index (χ3n) is 2.22. The lowest BCUT2D eigenvalue weighted by molar-refractivity contribution is -0.119. The van der Waals surface area contributed by atoms with Crippen LogP contribution in [0.15, 0.2) is 18.3 Å². The van der Waals surface area contributed by atoms with Crippen LogP contribution in [0, 0.1) is 0 Å². The molecule has 0 saturated carbocycles. The second-order valence-electron chi connectivity index (χ2n) is 3.68. The van der Waals surface area contributed by atoms with Crippen molar-refractivity contribution < 1.29 is 15.0 Å². The van der Waals surface area contributed by atoms with Gasteiger partial charge in [0.05, 0.1) is 11.8 Å². The van der Waals surface area contributed by atoms with Gasteiger partial charge in [-0.25, -0.2) is 0 Å². The van der Waals surface area contributed by atoms with E-state index in [1.54, 1.807) is 6.07 Å². The number of hydrogen-bond donors (Lipinski definition) is 3. The minimum absolute atomic E-state index is 0.174. The zero-order valence-electron chi connectivity index (χ0n) is 9.43. The second kappa shape index (κ2) is 6.54. The number of aromatic nitrogens is 1. The molecule has 0 bridgehead atoms. The van der Waals surface area contributed by atoms with E-state index in [-0.39, 0.29) is 12.3 Å². The van der Waals surface area contributed by atoms with Crippen LogP contribution in [0.5, 0.6) is 0 Å². The monoisotopic (exact) mass is 258 g/mol. The number of carbonyl (C=O) groups is 1. The number of carbonyl (C=O) groups excluding carboxylic acids is 1. The zero-order chi connectivity index (χ0) is 12.8. The molecule has 0 saturated heterocycles. The number of aliphatic hydroxyl groups is 2. The maximum absolute atomic E-state index is 10.6. The van der Waals surface area contributed by atoms with Crippen LogP contribution in [0.2, 0.25) is 5.02 Å². The molecule has 94 valence electrons. The second-order valence-corrected chi connectivity index (χ2v) is 4.12. The van der Waals surface area contributed by atoms with Crippen molar-refractivity contribution >= 4 is 17.5 Å². The first-order chi connectivity index (χ1) is 8.00. The molecule has 0 aliphatic heterocycles. The summed E-state index contributed by atoms with van der Waals surface area (Å²) in [4.78, 5) is 14.5. The molecular weight excluding hydrogens is 244 g/mol. The molecule has 6 heteroatoms. The van der Waals surface area contributed by atoms with E-state index in [0.29, 0.717) is 17.3 Å². The van der Waals surface area contributed by atoms with Gasteiger partial charge in [0, 0.05) is 24.7 Å². The third-order valence-corrected chi connectivity index (χ3v) is 2.46. The minimum Gasteiger partial charge on any atom is -0.390 e. The molecule has 1 aromatic heterocycles. The molecule has 0 aromatic carbocycles. The summed E-state index contributed by atoms with van der Waals surface area (Å²) in [6.07, 6.45) is -0.397. The number of nitrogens with zero attached hydrogens (tertiary/aromatic N) is 1. The highest BCUT2D eigenvalue weighted by atomic mass is 35.5. The van der Waals surface area contributed by atoms with Gasteiger partial charge in [0.15, 0.2) is 0 Å². The molecule has 1 amide bonds. The van der Waals surface area contributed by atoms with Gasteiger partial charge in [-0.15, -0.1) is 0 Å². The highest BCUT2D eigenvalue weighted by molar-refractivity contribution is 6.30. The first-order valence-electron chi connectivity index (χ1n) is 5.22. The Morgan fingerprint density at radius 3 is 2.88 bits per heavy atom. The van der Waals surface area contributed by atoms with E-state index >= 15 is 0 Å². The fourth-order valence-electron chi connectivity index (χ4n) is 1.33. The Balaban J connectivity index is 2.51. The SMILES string of the molecule is CC(=O)NCCC(O)C(O)c1cc(Cl)ccn1. The summed E-state index contributed by atoms with van der Waals surface area (Å²) in [5.41, 5.74) is 0.313. The van der Waals surface area contributed by atoms with E-state index in [0.717, 1.165) is 0 Å². The van der Waals surface area contributed by atoms with Gasteiger partial charge in [0.2, 0.25) is 5.91 Å². The molecule has 5 nitrogen and oxygen atoms in total. The van der Waals surface area contributed by atoms with E-state index in [1.807, 2.05) is 0 Å². The molecule has 1 rings (SSSR count). The van der Waals surface area contributed by atoms with Gasteiger partial charge < -0.3 is 15.5 Å². The van der Waals surface area contributed by atoms with Gasteiger partial charge in [-0.3, -0.25) is 9.78 Å². The highest BCUT2D eigenvalue weighted by Crippen LogP contribution is 2.19. The number of nitrogens with one attached hydrogen (secondary N) is 1. The summed E-state index contributed by atoms with van der Waals surface area (Å²) < 4.78 is 0. The fourth-order valence-corrected chi connectivity index (χ4v) is 1.50. The average Bonchev–Trinajstić information content (AvgIpc) is 2.27. The normalized spacial score (nSPS) is 14.1. The van der Waals surface area contributed by atoms with E-state index < -0.39 is 12.2 Å². The largest absolute Gasteiger partial charge is 0.390 e. The van der Waals surface area contributed by atoms with Crippen molar-refractivity contribution in [3.05, 3.63) is 29.0 Å². The number of pyridine rings is 1. The van der Waals surface area contributed by atoms with Gasteiger partial charge in [0.1, 0.15) is 6.10 Å². The molecule has 2 unspecified atom stereocenters. The molecule has 0 fully saturated rings. The van der Waals surface area contributed by atoms with Crippen molar-refractivity contribution in [3.8, 4) is 0 Å². The van der Waals surface area contributed by atoms with E-state index in [9.17, 15) is 15.0 Å². The van der Waals surface area contributed by atoms with Crippen molar-refractivity contribution in [1.82, 2.24) is 10.3 Å². The first-order valence-corrected chi connectivity index (χ1v) is 5.60. The van der Waals surface area contributed by atoms with Gasteiger partial charge in [-0.05, 0) is 18.6 Å². The molecule has 0 aliphatic rings. The molecule has 0 aliphatic carbocycles.